The van der Waals surface area contributed by atoms with Crippen molar-refractivity contribution in [2.75, 3.05) is 25.4 Å². The SMILES string of the molecule is NC(Cc1cc(F)ccc1F)CS(=O)(=O)NCCCNC(=O)C(O)C(N)COCc1ccccc1. The van der Waals surface area contributed by atoms with Gasteiger partial charge in [-0.3, -0.25) is 4.79 Å². The third-order valence-corrected chi connectivity index (χ3v) is 6.51. The molecule has 2 aromatic carbocycles. The number of amides is 1. The first-order valence-electron chi connectivity index (χ1n) is 11.1. The third kappa shape index (κ3) is 10.8. The van der Waals surface area contributed by atoms with Crippen LogP contribution in [0.3, 0.4) is 0 Å². The van der Waals surface area contributed by atoms with Crippen molar-refractivity contribution in [3.05, 3.63) is 71.3 Å². The van der Waals surface area contributed by atoms with Crippen LogP contribution >= 0.6 is 0 Å². The molecule has 2 aromatic rings. The number of ether oxygens (including phenoxy) is 1. The van der Waals surface area contributed by atoms with E-state index in [4.69, 9.17) is 16.2 Å². The Morgan fingerprint density at radius 1 is 1.09 bits per heavy atom. The number of aliphatic hydroxyl groups excluding tert-OH is 1. The molecular weight excluding hydrogens is 482 g/mol. The minimum Gasteiger partial charge on any atom is -0.382 e. The van der Waals surface area contributed by atoms with Gasteiger partial charge in [0.2, 0.25) is 10.0 Å². The second-order valence-electron chi connectivity index (χ2n) is 8.13. The fourth-order valence-electron chi connectivity index (χ4n) is 3.19. The van der Waals surface area contributed by atoms with Crippen LogP contribution in [0.2, 0.25) is 0 Å². The Balaban J connectivity index is 1.63. The molecular formula is C23H32F2N4O5S. The highest BCUT2D eigenvalue weighted by Crippen LogP contribution is 2.12. The zero-order chi connectivity index (χ0) is 25.8. The molecule has 2 rings (SSSR count). The Kier molecular flexibility index (Phi) is 11.6. The molecule has 3 unspecified atom stereocenters. The van der Waals surface area contributed by atoms with Gasteiger partial charge >= 0.3 is 0 Å². The van der Waals surface area contributed by atoms with E-state index in [2.05, 4.69) is 10.0 Å². The van der Waals surface area contributed by atoms with Crippen molar-refractivity contribution in [1.82, 2.24) is 10.0 Å². The second-order valence-corrected chi connectivity index (χ2v) is 9.98. The van der Waals surface area contributed by atoms with Crippen LogP contribution in [0, 0.1) is 11.6 Å². The summed E-state index contributed by atoms with van der Waals surface area (Å²) in [5.41, 5.74) is 12.5. The number of hydrogen-bond donors (Lipinski definition) is 5. The van der Waals surface area contributed by atoms with Crippen molar-refractivity contribution in [2.45, 2.75) is 37.6 Å². The van der Waals surface area contributed by atoms with Crippen LogP contribution in [0.4, 0.5) is 8.78 Å². The summed E-state index contributed by atoms with van der Waals surface area (Å²) in [5, 5.41) is 12.5. The molecule has 0 saturated carbocycles. The molecule has 194 valence electrons. The van der Waals surface area contributed by atoms with Crippen molar-refractivity contribution in [1.29, 1.82) is 0 Å². The normalized spacial score (nSPS) is 14.3. The van der Waals surface area contributed by atoms with Crippen molar-refractivity contribution in [3.63, 3.8) is 0 Å². The van der Waals surface area contributed by atoms with E-state index in [1.54, 1.807) is 0 Å². The predicted octanol–water partition coefficient (Wildman–Crippen LogP) is 0.165. The van der Waals surface area contributed by atoms with Crippen LogP contribution in [0.5, 0.6) is 0 Å². The first-order valence-corrected chi connectivity index (χ1v) is 12.7. The molecule has 9 nitrogen and oxygen atoms in total. The van der Waals surface area contributed by atoms with E-state index < -0.39 is 51.5 Å². The Bertz CT molecular complexity index is 1040. The Morgan fingerprint density at radius 3 is 2.51 bits per heavy atom. The van der Waals surface area contributed by atoms with Crippen molar-refractivity contribution < 1.29 is 31.8 Å². The van der Waals surface area contributed by atoms with Gasteiger partial charge in [0.25, 0.3) is 5.91 Å². The van der Waals surface area contributed by atoms with Crippen LogP contribution in [-0.4, -0.2) is 63.1 Å². The van der Waals surface area contributed by atoms with Gasteiger partial charge in [-0.15, -0.1) is 0 Å². The maximum absolute atomic E-state index is 13.7. The lowest BCUT2D eigenvalue weighted by Crippen LogP contribution is -2.49. The number of carbonyl (C=O) groups excluding carboxylic acids is 1. The van der Waals surface area contributed by atoms with E-state index >= 15 is 0 Å². The largest absolute Gasteiger partial charge is 0.382 e. The first kappa shape index (κ1) is 28.8. The minimum absolute atomic E-state index is 0.00218. The summed E-state index contributed by atoms with van der Waals surface area (Å²) in [4.78, 5) is 12.0. The van der Waals surface area contributed by atoms with Crippen LogP contribution < -0.4 is 21.5 Å². The summed E-state index contributed by atoms with van der Waals surface area (Å²) >= 11 is 0. The van der Waals surface area contributed by atoms with Gasteiger partial charge in [-0.1, -0.05) is 30.3 Å². The van der Waals surface area contributed by atoms with Gasteiger partial charge in [-0.05, 0) is 42.2 Å². The molecule has 1 amide bonds. The Morgan fingerprint density at radius 2 is 1.80 bits per heavy atom. The summed E-state index contributed by atoms with van der Waals surface area (Å²) in [6.45, 7) is 0.371. The molecule has 12 heteroatoms. The molecule has 35 heavy (non-hydrogen) atoms. The van der Waals surface area contributed by atoms with Crippen LogP contribution in [0.15, 0.2) is 48.5 Å². The van der Waals surface area contributed by atoms with Crippen molar-refractivity contribution >= 4 is 15.9 Å². The number of hydrogen-bond acceptors (Lipinski definition) is 7. The molecule has 0 aliphatic rings. The van der Waals surface area contributed by atoms with Gasteiger partial charge in [0, 0.05) is 19.1 Å². The summed E-state index contributed by atoms with van der Waals surface area (Å²) < 4.78 is 59.0. The van der Waals surface area contributed by atoms with Gasteiger partial charge in [-0.25, -0.2) is 21.9 Å². The average molecular weight is 515 g/mol. The molecule has 0 aliphatic carbocycles. The standard InChI is InChI=1S/C23H32F2N4O5S/c24-18-7-8-20(25)17(11-18)12-19(26)15-35(32,33)29-10-4-9-28-23(31)22(30)21(27)14-34-13-16-5-2-1-3-6-16/h1-3,5-8,11,19,21-22,29-30H,4,9-10,12-15,26-27H2,(H,28,31). The molecule has 0 radical (unpaired) electrons. The number of sulfonamides is 1. The monoisotopic (exact) mass is 514 g/mol. The molecule has 0 spiro atoms. The molecule has 0 heterocycles. The highest BCUT2D eigenvalue weighted by atomic mass is 32.2. The van der Waals surface area contributed by atoms with Crippen molar-refractivity contribution in [3.8, 4) is 0 Å². The summed E-state index contributed by atoms with van der Waals surface area (Å²) in [6, 6.07) is 10.4. The quantitative estimate of drug-likeness (QED) is 0.212. The van der Waals surface area contributed by atoms with Crippen molar-refractivity contribution in [2.24, 2.45) is 11.5 Å². The van der Waals surface area contributed by atoms with E-state index in [9.17, 15) is 27.1 Å². The number of nitrogens with one attached hydrogen (secondary N) is 2. The second kappa shape index (κ2) is 14.2. The van der Waals surface area contributed by atoms with Crippen LogP contribution in [0.1, 0.15) is 17.5 Å². The molecule has 0 bridgehead atoms. The first-order chi connectivity index (χ1) is 16.6. The average Bonchev–Trinajstić information content (AvgIpc) is 2.80. The number of aliphatic hydroxyl groups is 1. The van der Waals surface area contributed by atoms with Gasteiger partial charge in [0.05, 0.1) is 25.0 Å². The zero-order valence-corrected chi connectivity index (χ0v) is 20.0. The molecule has 7 N–H and O–H groups in total. The van der Waals surface area contributed by atoms with E-state index in [1.807, 2.05) is 30.3 Å². The van der Waals surface area contributed by atoms with E-state index in [1.165, 1.54) is 0 Å². The number of rotatable bonds is 15. The summed E-state index contributed by atoms with van der Waals surface area (Å²) in [7, 11) is -3.78. The highest BCUT2D eigenvalue weighted by molar-refractivity contribution is 7.89. The van der Waals surface area contributed by atoms with Gasteiger partial charge < -0.3 is 26.6 Å². The highest BCUT2D eigenvalue weighted by Gasteiger charge is 2.23. The van der Waals surface area contributed by atoms with Crippen LogP contribution in [-0.2, 0) is 32.6 Å². The minimum atomic E-state index is -3.78. The van der Waals surface area contributed by atoms with Gasteiger partial charge in [-0.2, -0.15) is 0 Å². The number of nitrogens with two attached hydrogens (primary N) is 2. The Labute approximate surface area is 203 Å². The maximum Gasteiger partial charge on any atom is 0.250 e. The zero-order valence-electron chi connectivity index (χ0n) is 19.2. The molecule has 0 saturated heterocycles. The van der Waals surface area contributed by atoms with Gasteiger partial charge in [0.15, 0.2) is 0 Å². The predicted molar refractivity (Wildman–Crippen MR) is 128 cm³/mol. The lowest BCUT2D eigenvalue weighted by Gasteiger charge is -2.18. The number of halogens is 2. The lowest BCUT2D eigenvalue weighted by atomic mass is 10.1. The lowest BCUT2D eigenvalue weighted by molar-refractivity contribution is -0.131. The summed E-state index contributed by atoms with van der Waals surface area (Å²) in [5.74, 6) is -2.47. The maximum atomic E-state index is 13.7. The topological polar surface area (TPSA) is 157 Å². The smallest absolute Gasteiger partial charge is 0.250 e. The van der Waals surface area contributed by atoms with E-state index in [-0.39, 0.29) is 38.1 Å². The number of carbonyl (C=O) groups is 1. The van der Waals surface area contributed by atoms with E-state index in [0.29, 0.717) is 6.61 Å². The molecule has 0 aliphatic heterocycles. The Hall–Kier alpha value is -2.48. The number of benzene rings is 2. The third-order valence-electron chi connectivity index (χ3n) is 4.99. The van der Waals surface area contributed by atoms with Gasteiger partial charge in [0.1, 0.15) is 17.7 Å². The van der Waals surface area contributed by atoms with Crippen LogP contribution in [0.25, 0.3) is 0 Å². The van der Waals surface area contributed by atoms with E-state index in [0.717, 1.165) is 23.8 Å². The fourth-order valence-corrected chi connectivity index (χ4v) is 4.44. The molecule has 3 atom stereocenters. The fraction of sp³-hybridized carbons (Fsp3) is 0.435. The molecule has 0 fully saturated rings. The summed E-state index contributed by atoms with van der Waals surface area (Å²) in [6.07, 6.45) is -1.39. The molecule has 0 aromatic heterocycles.